The number of ether oxygens (including phenoxy) is 1. The zero-order chi connectivity index (χ0) is 15.4. The summed E-state index contributed by atoms with van der Waals surface area (Å²) in [4.78, 5) is 0. The molecule has 0 radical (unpaired) electrons. The highest BCUT2D eigenvalue weighted by Gasteiger charge is 2.24. The Morgan fingerprint density at radius 3 is 2.57 bits per heavy atom. The Labute approximate surface area is 127 Å². The van der Waals surface area contributed by atoms with Gasteiger partial charge in [0, 0.05) is 31.0 Å². The average Bonchev–Trinajstić information content (AvgIpc) is 2.82. The van der Waals surface area contributed by atoms with Gasteiger partial charge in [-0.2, -0.15) is 5.10 Å². The molecule has 1 aromatic carbocycles. The predicted octanol–water partition coefficient (Wildman–Crippen LogP) is 2.99. The van der Waals surface area contributed by atoms with Crippen molar-refractivity contribution >= 4 is 10.9 Å². The van der Waals surface area contributed by atoms with Crippen LogP contribution >= 0.6 is 0 Å². The van der Waals surface area contributed by atoms with Gasteiger partial charge >= 0.3 is 0 Å². The van der Waals surface area contributed by atoms with Gasteiger partial charge < -0.3 is 10.5 Å². The maximum Gasteiger partial charge on any atom is 0.0752 e. The van der Waals surface area contributed by atoms with Gasteiger partial charge in [-0.05, 0) is 25.8 Å². The summed E-state index contributed by atoms with van der Waals surface area (Å²) in [6, 6.07) is 8.32. The van der Waals surface area contributed by atoms with Crippen LogP contribution in [0.25, 0.3) is 10.9 Å². The molecule has 2 aromatic rings. The number of benzene rings is 1. The first kappa shape index (κ1) is 16.0. The minimum absolute atomic E-state index is 0.0337. The highest BCUT2D eigenvalue weighted by molar-refractivity contribution is 5.82. The largest absolute Gasteiger partial charge is 0.377 e. The third-order valence-corrected chi connectivity index (χ3v) is 3.90. The highest BCUT2D eigenvalue weighted by Crippen LogP contribution is 2.21. The van der Waals surface area contributed by atoms with Gasteiger partial charge in [0.1, 0.15) is 0 Å². The molecule has 116 valence electrons. The van der Waals surface area contributed by atoms with Crippen LogP contribution in [0.5, 0.6) is 0 Å². The Bertz CT molecular complexity index is 576. The Morgan fingerprint density at radius 1 is 1.24 bits per heavy atom. The molecule has 0 saturated heterocycles. The van der Waals surface area contributed by atoms with Crippen molar-refractivity contribution in [3.05, 3.63) is 30.0 Å². The van der Waals surface area contributed by atoms with E-state index in [9.17, 15) is 0 Å². The van der Waals surface area contributed by atoms with Crippen molar-refractivity contribution in [3.63, 3.8) is 0 Å². The number of hydrogen-bond acceptors (Lipinski definition) is 3. The molecule has 0 aliphatic rings. The SMILES string of the molecule is CCOC(C(C)C)C(N)Cc1nn(CC)c2ccccc12. The number of nitrogens with two attached hydrogens (primary N) is 1. The average molecular weight is 289 g/mol. The lowest BCUT2D eigenvalue weighted by Crippen LogP contribution is -2.42. The van der Waals surface area contributed by atoms with E-state index in [-0.39, 0.29) is 12.1 Å². The Balaban J connectivity index is 2.26. The minimum atomic E-state index is -0.0337. The van der Waals surface area contributed by atoms with E-state index in [1.165, 1.54) is 10.9 Å². The molecular formula is C17H27N3O. The van der Waals surface area contributed by atoms with Gasteiger partial charge in [0.2, 0.25) is 0 Å². The summed E-state index contributed by atoms with van der Waals surface area (Å²) in [6.45, 7) is 10.0. The van der Waals surface area contributed by atoms with Crippen molar-refractivity contribution in [3.8, 4) is 0 Å². The molecule has 0 aliphatic carbocycles. The van der Waals surface area contributed by atoms with Crippen LogP contribution in [-0.4, -0.2) is 28.5 Å². The van der Waals surface area contributed by atoms with Gasteiger partial charge in [-0.25, -0.2) is 0 Å². The molecule has 0 amide bonds. The van der Waals surface area contributed by atoms with Crippen molar-refractivity contribution in [2.75, 3.05) is 6.61 Å². The summed E-state index contributed by atoms with van der Waals surface area (Å²) in [5.41, 5.74) is 8.66. The fourth-order valence-electron chi connectivity index (χ4n) is 2.93. The molecule has 0 aliphatic heterocycles. The number of aromatic nitrogens is 2. The monoisotopic (exact) mass is 289 g/mol. The van der Waals surface area contributed by atoms with Crippen molar-refractivity contribution in [2.45, 2.75) is 52.8 Å². The van der Waals surface area contributed by atoms with Crippen LogP contribution in [0.1, 0.15) is 33.4 Å². The number of rotatable bonds is 7. The third-order valence-electron chi connectivity index (χ3n) is 3.90. The highest BCUT2D eigenvalue weighted by atomic mass is 16.5. The zero-order valence-electron chi connectivity index (χ0n) is 13.5. The van der Waals surface area contributed by atoms with E-state index < -0.39 is 0 Å². The van der Waals surface area contributed by atoms with Crippen molar-refractivity contribution in [2.24, 2.45) is 11.7 Å². The number of para-hydroxylation sites is 1. The fourth-order valence-corrected chi connectivity index (χ4v) is 2.93. The maximum absolute atomic E-state index is 6.40. The third kappa shape index (κ3) is 3.44. The van der Waals surface area contributed by atoms with E-state index in [2.05, 4.69) is 45.0 Å². The normalized spacial score (nSPS) is 14.8. The summed E-state index contributed by atoms with van der Waals surface area (Å²) in [7, 11) is 0. The number of fused-ring (bicyclic) bond motifs is 1. The van der Waals surface area contributed by atoms with Gasteiger partial charge in [0.15, 0.2) is 0 Å². The fraction of sp³-hybridized carbons (Fsp3) is 0.588. The van der Waals surface area contributed by atoms with E-state index in [1.807, 2.05) is 11.6 Å². The Hall–Kier alpha value is -1.39. The van der Waals surface area contributed by atoms with Crippen molar-refractivity contribution < 1.29 is 4.74 Å². The van der Waals surface area contributed by atoms with Crippen LogP contribution < -0.4 is 5.73 Å². The van der Waals surface area contributed by atoms with E-state index >= 15 is 0 Å². The summed E-state index contributed by atoms with van der Waals surface area (Å²) >= 11 is 0. The van der Waals surface area contributed by atoms with Gasteiger partial charge in [0.05, 0.1) is 17.3 Å². The van der Waals surface area contributed by atoms with Crippen LogP contribution in [0.2, 0.25) is 0 Å². The molecule has 2 rings (SSSR count). The minimum Gasteiger partial charge on any atom is -0.377 e. The molecule has 2 atom stereocenters. The van der Waals surface area contributed by atoms with Crippen LogP contribution in [0.4, 0.5) is 0 Å². The molecule has 0 fully saturated rings. The van der Waals surface area contributed by atoms with Gasteiger partial charge in [-0.3, -0.25) is 4.68 Å². The molecular weight excluding hydrogens is 262 g/mol. The van der Waals surface area contributed by atoms with Crippen molar-refractivity contribution in [1.29, 1.82) is 0 Å². The second kappa shape index (κ2) is 7.05. The Kier molecular flexibility index (Phi) is 5.37. The molecule has 2 N–H and O–H groups in total. The predicted molar refractivity (Wildman–Crippen MR) is 87.3 cm³/mol. The van der Waals surface area contributed by atoms with E-state index in [1.54, 1.807) is 0 Å². The van der Waals surface area contributed by atoms with Crippen LogP contribution in [0.15, 0.2) is 24.3 Å². The van der Waals surface area contributed by atoms with Crippen molar-refractivity contribution in [1.82, 2.24) is 9.78 Å². The first-order valence-corrected chi connectivity index (χ1v) is 7.90. The lowest BCUT2D eigenvalue weighted by atomic mass is 9.95. The molecule has 1 aromatic heterocycles. The maximum atomic E-state index is 6.40. The molecule has 0 saturated carbocycles. The lowest BCUT2D eigenvalue weighted by Gasteiger charge is -2.26. The quantitative estimate of drug-likeness (QED) is 0.852. The van der Waals surface area contributed by atoms with E-state index in [0.717, 1.165) is 18.7 Å². The van der Waals surface area contributed by atoms with Gasteiger partial charge in [-0.15, -0.1) is 0 Å². The standard InChI is InChI=1S/C17H27N3O/c1-5-20-16-10-8-7-9-13(16)15(19-20)11-14(18)17(12(3)4)21-6-2/h7-10,12,14,17H,5-6,11,18H2,1-4H3. The zero-order valence-corrected chi connectivity index (χ0v) is 13.5. The Morgan fingerprint density at radius 2 is 1.95 bits per heavy atom. The number of hydrogen-bond donors (Lipinski definition) is 1. The topological polar surface area (TPSA) is 53.1 Å². The van der Waals surface area contributed by atoms with Crippen LogP contribution in [0, 0.1) is 5.92 Å². The van der Waals surface area contributed by atoms with E-state index in [4.69, 9.17) is 15.6 Å². The number of nitrogens with zero attached hydrogens (tertiary/aromatic N) is 2. The summed E-state index contributed by atoms with van der Waals surface area (Å²) in [5.74, 6) is 0.402. The summed E-state index contributed by atoms with van der Waals surface area (Å²) in [5, 5.41) is 5.93. The smallest absolute Gasteiger partial charge is 0.0752 e. The van der Waals surface area contributed by atoms with Gasteiger partial charge in [-0.1, -0.05) is 32.0 Å². The van der Waals surface area contributed by atoms with Gasteiger partial charge in [0.25, 0.3) is 0 Å². The second-order valence-corrected chi connectivity index (χ2v) is 5.81. The van der Waals surface area contributed by atoms with Crippen LogP contribution in [-0.2, 0) is 17.7 Å². The molecule has 1 heterocycles. The molecule has 0 bridgehead atoms. The van der Waals surface area contributed by atoms with E-state index in [0.29, 0.717) is 12.5 Å². The van der Waals surface area contributed by atoms with Crippen LogP contribution in [0.3, 0.4) is 0 Å². The number of aryl methyl sites for hydroxylation is 1. The molecule has 0 spiro atoms. The lowest BCUT2D eigenvalue weighted by molar-refractivity contribution is 0.0126. The summed E-state index contributed by atoms with van der Waals surface area (Å²) in [6.07, 6.45) is 0.816. The first-order valence-electron chi connectivity index (χ1n) is 7.90. The second-order valence-electron chi connectivity index (χ2n) is 5.81. The molecule has 21 heavy (non-hydrogen) atoms. The molecule has 2 unspecified atom stereocenters. The summed E-state index contributed by atoms with van der Waals surface area (Å²) < 4.78 is 7.87. The first-order chi connectivity index (χ1) is 10.1. The molecule has 4 nitrogen and oxygen atoms in total. The molecule has 4 heteroatoms.